The monoisotopic (exact) mass is 952 g/mol. The molecule has 0 heterocycles. The van der Waals surface area contributed by atoms with Gasteiger partial charge in [-0.1, -0.05) is 94.8 Å². The molecular weight excluding hydrogens is 889 g/mol. The predicted molar refractivity (Wildman–Crippen MR) is 244 cm³/mol. The van der Waals surface area contributed by atoms with E-state index in [-0.39, 0.29) is 31.6 Å². The van der Waals surface area contributed by atoms with E-state index < -0.39 is 133 Å². The first-order valence-corrected chi connectivity index (χ1v) is 21.9. The van der Waals surface area contributed by atoms with Gasteiger partial charge in [-0.15, -0.1) is 0 Å². The predicted octanol–water partition coefficient (Wildman–Crippen LogP) is -2.51. The highest BCUT2D eigenvalue weighted by Crippen LogP contribution is 2.10. The van der Waals surface area contributed by atoms with Crippen LogP contribution in [0.15, 0.2) is 60.7 Å². The van der Waals surface area contributed by atoms with Crippen LogP contribution >= 0.6 is 0 Å². The molecule has 23 heteroatoms. The van der Waals surface area contributed by atoms with Gasteiger partial charge in [-0.3, -0.25) is 47.9 Å². The van der Waals surface area contributed by atoms with Crippen LogP contribution in [0.2, 0.25) is 0 Å². The topological polar surface area (TPSA) is 377 Å². The Bertz CT molecular complexity index is 2090. The number of primary amides is 1. The molecule has 23 nitrogen and oxygen atoms in total. The number of amides is 9. The van der Waals surface area contributed by atoms with Gasteiger partial charge in [0, 0.05) is 19.3 Å². The van der Waals surface area contributed by atoms with Gasteiger partial charge in [-0.2, -0.15) is 0 Å². The van der Waals surface area contributed by atoms with E-state index in [4.69, 9.17) is 11.5 Å². The number of aliphatic carboxylic acids is 2. The van der Waals surface area contributed by atoms with Gasteiger partial charge in [0.15, 0.2) is 0 Å². The smallest absolute Gasteiger partial charge is 0.326 e. The Hall–Kier alpha value is -7.43. The van der Waals surface area contributed by atoms with Crippen molar-refractivity contribution in [2.24, 2.45) is 23.3 Å². The molecule has 2 aromatic rings. The summed E-state index contributed by atoms with van der Waals surface area (Å²) in [5.41, 5.74) is 12.3. The maximum Gasteiger partial charge on any atom is 0.326 e. The lowest BCUT2D eigenvalue weighted by Gasteiger charge is -2.26. The van der Waals surface area contributed by atoms with Crippen LogP contribution in [0.3, 0.4) is 0 Å². The van der Waals surface area contributed by atoms with Gasteiger partial charge in [0.25, 0.3) is 0 Å². The highest BCUT2D eigenvalue weighted by atomic mass is 16.4. The number of nitrogens with two attached hydrogens (primary N) is 2. The standard InChI is InChI=1S/C45H64N10O13/c1-6-25(4)37(47)44(66)49-22-34(57)51-29(17-18-33(46)56)41(63)50-26(5)39(61)52-32(21-36(59)60)43(65)54-31(20-28-15-11-8-12-16-28)42(64)53-30(19-27-13-9-7-10-14-27)40(62)48-23-35(58)55-38(24(2)3)45(67)68/h7-16,24-26,29-32,37-38H,6,17-23,47H2,1-5H3,(H2,46,56)(H,48,62)(H,49,66)(H,50,63)(H,51,57)(H,52,61)(H,53,64)(H,54,65)(H,55,58)(H,59,60)(H,67,68)/t25-,26-,29-,30-,31-,32-,37-,38-/m0/s1. The zero-order valence-electron chi connectivity index (χ0n) is 38.7. The lowest BCUT2D eigenvalue weighted by atomic mass is 9.99. The molecule has 0 unspecified atom stereocenters. The third-order valence-electron chi connectivity index (χ3n) is 10.6. The van der Waals surface area contributed by atoms with Gasteiger partial charge in [-0.25, -0.2) is 4.79 Å². The molecule has 68 heavy (non-hydrogen) atoms. The van der Waals surface area contributed by atoms with E-state index in [1.54, 1.807) is 81.4 Å². The maximum absolute atomic E-state index is 14.1. The summed E-state index contributed by atoms with van der Waals surface area (Å²) in [7, 11) is 0. The van der Waals surface area contributed by atoms with Crippen molar-refractivity contribution < 1.29 is 63.0 Å². The second-order valence-corrected chi connectivity index (χ2v) is 16.5. The summed E-state index contributed by atoms with van der Waals surface area (Å²) in [5, 5.41) is 38.3. The fourth-order valence-corrected chi connectivity index (χ4v) is 6.35. The van der Waals surface area contributed by atoms with Crippen LogP contribution in [0.25, 0.3) is 0 Å². The molecule has 2 rings (SSSR count). The molecular formula is C45H64N10O13. The first-order chi connectivity index (χ1) is 32.0. The zero-order valence-corrected chi connectivity index (χ0v) is 38.7. The van der Waals surface area contributed by atoms with Gasteiger partial charge in [0.2, 0.25) is 53.2 Å². The molecule has 8 atom stereocenters. The Morgan fingerprint density at radius 3 is 1.49 bits per heavy atom. The average Bonchev–Trinajstić information content (AvgIpc) is 3.29. The molecule has 0 aliphatic heterocycles. The molecule has 0 saturated carbocycles. The van der Waals surface area contributed by atoms with E-state index in [2.05, 4.69) is 42.5 Å². The van der Waals surface area contributed by atoms with Gasteiger partial charge >= 0.3 is 11.9 Å². The van der Waals surface area contributed by atoms with E-state index in [1.165, 1.54) is 6.92 Å². The van der Waals surface area contributed by atoms with E-state index in [0.717, 1.165) is 0 Å². The number of hydrogen-bond acceptors (Lipinski definition) is 12. The van der Waals surface area contributed by atoms with Crippen LogP contribution in [-0.2, 0) is 65.6 Å². The maximum atomic E-state index is 14.1. The van der Waals surface area contributed by atoms with Gasteiger partial charge < -0.3 is 64.2 Å². The second-order valence-electron chi connectivity index (χ2n) is 16.5. The van der Waals surface area contributed by atoms with E-state index in [9.17, 15) is 63.0 Å². The van der Waals surface area contributed by atoms with Crippen molar-refractivity contribution >= 4 is 65.1 Å². The fourth-order valence-electron chi connectivity index (χ4n) is 6.35. The Morgan fingerprint density at radius 2 is 1.01 bits per heavy atom. The Labute approximate surface area is 393 Å². The zero-order chi connectivity index (χ0) is 51.1. The lowest BCUT2D eigenvalue weighted by Crippen LogP contribution is -2.60. The van der Waals surface area contributed by atoms with Crippen LogP contribution in [0.5, 0.6) is 0 Å². The summed E-state index contributed by atoms with van der Waals surface area (Å²) >= 11 is 0. The summed E-state index contributed by atoms with van der Waals surface area (Å²) in [6.07, 6.45) is -1.39. The van der Waals surface area contributed by atoms with E-state index in [1.807, 2.05) is 6.92 Å². The van der Waals surface area contributed by atoms with Crippen molar-refractivity contribution in [2.75, 3.05) is 13.1 Å². The molecule has 0 radical (unpaired) electrons. The third kappa shape index (κ3) is 20.4. The molecule has 0 spiro atoms. The van der Waals surface area contributed by atoms with Crippen molar-refractivity contribution in [3.05, 3.63) is 71.8 Å². The molecule has 0 aliphatic carbocycles. The van der Waals surface area contributed by atoms with E-state index >= 15 is 0 Å². The van der Waals surface area contributed by atoms with Crippen molar-refractivity contribution in [1.82, 2.24) is 42.5 Å². The first kappa shape index (κ1) is 56.7. The molecule has 14 N–H and O–H groups in total. The Balaban J connectivity index is 2.30. The minimum absolute atomic E-state index is 0.103. The molecule has 9 amide bonds. The Morgan fingerprint density at radius 1 is 0.559 bits per heavy atom. The summed E-state index contributed by atoms with van der Waals surface area (Å²) in [6.45, 7) is 6.72. The number of carboxylic acids is 2. The minimum Gasteiger partial charge on any atom is -0.481 e. The highest BCUT2D eigenvalue weighted by Gasteiger charge is 2.33. The normalized spacial score (nSPS) is 14.4. The van der Waals surface area contributed by atoms with Crippen LogP contribution < -0.4 is 54.0 Å². The van der Waals surface area contributed by atoms with Crippen LogP contribution in [0.1, 0.15) is 71.4 Å². The van der Waals surface area contributed by atoms with Gasteiger partial charge in [0.1, 0.15) is 36.3 Å². The molecule has 0 aliphatic rings. The average molecular weight is 953 g/mol. The van der Waals surface area contributed by atoms with Gasteiger partial charge in [-0.05, 0) is 36.3 Å². The van der Waals surface area contributed by atoms with Crippen molar-refractivity contribution in [3.8, 4) is 0 Å². The summed E-state index contributed by atoms with van der Waals surface area (Å²) in [4.78, 5) is 141. The Kier molecular flexibility index (Phi) is 23.8. The van der Waals surface area contributed by atoms with Crippen molar-refractivity contribution in [3.63, 3.8) is 0 Å². The highest BCUT2D eigenvalue weighted by molar-refractivity contribution is 5.98. The molecule has 0 saturated heterocycles. The number of rotatable bonds is 29. The fraction of sp³-hybridized carbons (Fsp3) is 0.489. The molecule has 0 fully saturated rings. The number of carbonyl (C=O) groups is 11. The quantitative estimate of drug-likeness (QED) is 0.0401. The molecule has 372 valence electrons. The SMILES string of the molecule is CC[C@H](C)[C@H](N)C(=O)NCC(=O)N[C@@H](CCC(N)=O)C(=O)N[C@@H](C)C(=O)N[C@@H](CC(=O)O)C(=O)N[C@@H](Cc1ccccc1)C(=O)N[C@@H](Cc1ccccc1)C(=O)NCC(=O)N[C@H](C(=O)O)C(C)C. The lowest BCUT2D eigenvalue weighted by molar-refractivity contribution is -0.143. The summed E-state index contributed by atoms with van der Waals surface area (Å²) < 4.78 is 0. The minimum atomic E-state index is -1.84. The summed E-state index contributed by atoms with van der Waals surface area (Å²) in [5.74, 6) is -11.5. The number of carbonyl (C=O) groups excluding carboxylic acids is 9. The first-order valence-electron chi connectivity index (χ1n) is 21.9. The number of nitrogens with one attached hydrogen (secondary N) is 8. The van der Waals surface area contributed by atoms with Crippen molar-refractivity contribution in [1.29, 1.82) is 0 Å². The molecule has 0 bridgehead atoms. The van der Waals surface area contributed by atoms with Crippen LogP contribution in [0.4, 0.5) is 0 Å². The van der Waals surface area contributed by atoms with Crippen LogP contribution in [0, 0.1) is 11.8 Å². The van der Waals surface area contributed by atoms with Crippen LogP contribution in [-0.4, -0.2) is 131 Å². The van der Waals surface area contributed by atoms with Crippen molar-refractivity contribution in [2.45, 2.75) is 115 Å². The number of carboxylic acid groups (broad SMARTS) is 2. The third-order valence-corrected chi connectivity index (χ3v) is 10.6. The summed E-state index contributed by atoms with van der Waals surface area (Å²) in [6, 6.07) is 6.96. The largest absolute Gasteiger partial charge is 0.481 e. The number of hydrogen-bond donors (Lipinski definition) is 12. The van der Waals surface area contributed by atoms with Gasteiger partial charge in [0.05, 0.1) is 25.6 Å². The second kappa shape index (κ2) is 28.6. The van der Waals surface area contributed by atoms with E-state index in [0.29, 0.717) is 17.5 Å². The number of benzene rings is 2. The molecule has 0 aromatic heterocycles. The molecule has 2 aromatic carbocycles.